The average molecular weight is 697 g/mol. The van der Waals surface area contributed by atoms with Crippen LogP contribution in [0.4, 0.5) is 0 Å². The number of amides is 4. The highest BCUT2D eigenvalue weighted by atomic mass is 32.2. The highest BCUT2D eigenvalue weighted by Crippen LogP contribution is 2.33. The van der Waals surface area contributed by atoms with E-state index in [4.69, 9.17) is 9.47 Å². The fraction of sp³-hybridized carbons (Fsp3) is 0.556. The first kappa shape index (κ1) is 36.2. The Morgan fingerprint density at radius 2 is 1.65 bits per heavy atom. The van der Waals surface area contributed by atoms with Gasteiger partial charge in [-0.15, -0.1) is 0 Å². The molecule has 3 aliphatic rings. The van der Waals surface area contributed by atoms with Gasteiger partial charge >= 0.3 is 0 Å². The molecule has 4 amide bonds. The molecular weight excluding hydrogens is 648 g/mol. The standard InChI is InChI=1S/C36H48N4O8S/c1-47-31-16-13-27-22-32(31)48-28-23-30(40(24-28)36(44)26-11-14-29(15-12-26)49(2,45)46)35(43)38-18-5-6-20-39(21-7-19-37-34(27)42)33(41)17-10-25-8-3-4-9-25/h11-16,22,25,28,30H,3-10,17-21,23-24H2,1-2H3,(H,37,42)(H,38,43)/t28-,30-/m0/s1. The van der Waals surface area contributed by atoms with Crippen molar-refractivity contribution in [1.29, 1.82) is 0 Å². The molecule has 2 atom stereocenters. The third-order valence-corrected chi connectivity index (χ3v) is 10.8. The molecule has 2 aromatic carbocycles. The predicted octanol–water partition coefficient (Wildman–Crippen LogP) is 3.59. The lowest BCUT2D eigenvalue weighted by molar-refractivity contribution is -0.131. The van der Waals surface area contributed by atoms with Gasteiger partial charge < -0.3 is 29.9 Å². The number of carbonyl (C=O) groups excluding carboxylic acids is 4. The SMILES string of the molecule is COc1ccc2cc1O[C@H]1C[C@@H](C(=O)NCCCCN(C(=O)CCC3CCCC3)CCCNC2=O)N(C(=O)c2ccc(S(C)(=O)=O)cc2)C1. The van der Waals surface area contributed by atoms with Crippen LogP contribution in [0.15, 0.2) is 47.4 Å². The van der Waals surface area contributed by atoms with E-state index in [9.17, 15) is 27.6 Å². The van der Waals surface area contributed by atoms with E-state index in [1.807, 2.05) is 4.90 Å². The van der Waals surface area contributed by atoms with Crippen LogP contribution in [-0.4, -0.2) is 100 Å². The zero-order chi connectivity index (χ0) is 35.0. The molecule has 4 bridgehead atoms. The van der Waals surface area contributed by atoms with Crippen molar-refractivity contribution in [3.05, 3.63) is 53.6 Å². The molecule has 12 nitrogen and oxygen atoms in total. The zero-order valence-corrected chi connectivity index (χ0v) is 29.3. The van der Waals surface area contributed by atoms with Crippen molar-refractivity contribution in [3.63, 3.8) is 0 Å². The average Bonchev–Trinajstić information content (AvgIpc) is 3.77. The van der Waals surface area contributed by atoms with Gasteiger partial charge in [-0.3, -0.25) is 19.2 Å². The molecule has 2 N–H and O–H groups in total. The van der Waals surface area contributed by atoms with Crippen LogP contribution in [0.2, 0.25) is 0 Å². The second-order valence-corrected chi connectivity index (χ2v) is 15.3. The van der Waals surface area contributed by atoms with Crippen molar-refractivity contribution in [2.75, 3.05) is 46.1 Å². The van der Waals surface area contributed by atoms with Gasteiger partial charge in [-0.25, -0.2) is 8.42 Å². The normalized spacial score (nSPS) is 21.5. The van der Waals surface area contributed by atoms with Gasteiger partial charge in [-0.05, 0) is 74.1 Å². The van der Waals surface area contributed by atoms with Crippen molar-refractivity contribution in [3.8, 4) is 11.5 Å². The summed E-state index contributed by atoms with van der Waals surface area (Å²) in [6.45, 7) is 1.95. The summed E-state index contributed by atoms with van der Waals surface area (Å²) in [5, 5.41) is 5.93. The number of methoxy groups -OCH3 is 1. The number of hydrogen-bond donors (Lipinski definition) is 2. The van der Waals surface area contributed by atoms with E-state index in [-0.39, 0.29) is 41.1 Å². The third-order valence-electron chi connectivity index (χ3n) is 9.71. The Labute approximate surface area is 288 Å². The number of hydrogen-bond acceptors (Lipinski definition) is 8. The summed E-state index contributed by atoms with van der Waals surface area (Å²) in [6.07, 6.45) is 8.94. The van der Waals surface area contributed by atoms with Crippen molar-refractivity contribution < 1.29 is 37.1 Å². The molecular formula is C36H48N4O8S. The van der Waals surface area contributed by atoms with E-state index in [1.165, 1.54) is 62.0 Å². The van der Waals surface area contributed by atoms with E-state index in [0.717, 1.165) is 12.7 Å². The van der Waals surface area contributed by atoms with E-state index in [2.05, 4.69) is 10.6 Å². The molecule has 0 unspecified atom stereocenters. The number of carbonyl (C=O) groups is 4. The summed E-state index contributed by atoms with van der Waals surface area (Å²) in [5.74, 6) is 0.410. The Kier molecular flexibility index (Phi) is 12.2. The lowest BCUT2D eigenvalue weighted by atomic mass is 10.0. The number of benzene rings is 2. The topological polar surface area (TPSA) is 151 Å². The lowest BCUT2D eigenvalue weighted by Gasteiger charge is -2.25. The van der Waals surface area contributed by atoms with Gasteiger partial charge in [-0.1, -0.05) is 25.7 Å². The summed E-state index contributed by atoms with van der Waals surface area (Å²) in [4.78, 5) is 57.1. The number of sulfone groups is 1. The first-order valence-corrected chi connectivity index (χ1v) is 19.2. The quantitative estimate of drug-likeness (QED) is 0.465. The minimum atomic E-state index is -3.45. The molecule has 49 heavy (non-hydrogen) atoms. The van der Waals surface area contributed by atoms with Crippen molar-refractivity contribution in [1.82, 2.24) is 20.4 Å². The number of likely N-dealkylation sites (tertiary alicyclic amines) is 1. The fourth-order valence-electron chi connectivity index (χ4n) is 6.93. The third kappa shape index (κ3) is 9.52. The summed E-state index contributed by atoms with van der Waals surface area (Å²) >= 11 is 0. The van der Waals surface area contributed by atoms with Gasteiger partial charge in [0.2, 0.25) is 11.8 Å². The molecule has 2 aliphatic heterocycles. The van der Waals surface area contributed by atoms with Crippen LogP contribution >= 0.6 is 0 Å². The number of nitrogens with one attached hydrogen (secondary N) is 2. The maximum atomic E-state index is 13.7. The number of fused-ring (bicyclic) bond motifs is 4. The Bertz CT molecular complexity index is 1610. The second kappa shape index (κ2) is 16.5. The zero-order valence-electron chi connectivity index (χ0n) is 28.4. The molecule has 0 spiro atoms. The molecule has 2 fully saturated rings. The van der Waals surface area contributed by atoms with Gasteiger partial charge in [0.15, 0.2) is 21.3 Å². The van der Waals surface area contributed by atoms with E-state index >= 15 is 0 Å². The van der Waals surface area contributed by atoms with Crippen LogP contribution in [0.25, 0.3) is 0 Å². The van der Waals surface area contributed by atoms with Crippen molar-refractivity contribution >= 4 is 33.5 Å². The van der Waals surface area contributed by atoms with Gasteiger partial charge in [0.25, 0.3) is 11.8 Å². The van der Waals surface area contributed by atoms with E-state index in [0.29, 0.717) is 74.8 Å². The predicted molar refractivity (Wildman–Crippen MR) is 183 cm³/mol. The minimum absolute atomic E-state index is 0.0856. The molecule has 1 aliphatic carbocycles. The monoisotopic (exact) mass is 696 g/mol. The van der Waals surface area contributed by atoms with Gasteiger partial charge in [0.1, 0.15) is 12.1 Å². The smallest absolute Gasteiger partial charge is 0.254 e. The Morgan fingerprint density at radius 3 is 2.37 bits per heavy atom. The molecule has 5 rings (SSSR count). The van der Waals surface area contributed by atoms with Crippen molar-refractivity contribution in [2.45, 2.75) is 81.2 Å². The Hall–Kier alpha value is -4.13. The first-order chi connectivity index (χ1) is 23.5. The number of ether oxygens (including phenoxy) is 2. The second-order valence-electron chi connectivity index (χ2n) is 13.3. The number of rotatable bonds is 6. The fourth-order valence-corrected chi connectivity index (χ4v) is 7.56. The summed E-state index contributed by atoms with van der Waals surface area (Å²) in [7, 11) is -1.96. The highest BCUT2D eigenvalue weighted by Gasteiger charge is 2.41. The molecule has 1 saturated carbocycles. The molecule has 0 aromatic heterocycles. The van der Waals surface area contributed by atoms with Gasteiger partial charge in [-0.2, -0.15) is 0 Å². The summed E-state index contributed by atoms with van der Waals surface area (Å²) in [5.41, 5.74) is 0.610. The number of nitrogens with zero attached hydrogens (tertiary/aromatic N) is 2. The molecule has 0 radical (unpaired) electrons. The first-order valence-electron chi connectivity index (χ1n) is 17.3. The summed E-state index contributed by atoms with van der Waals surface area (Å²) in [6, 6.07) is 9.66. The van der Waals surface area contributed by atoms with Crippen LogP contribution in [0.1, 0.15) is 84.9 Å². The van der Waals surface area contributed by atoms with Crippen LogP contribution in [-0.2, 0) is 19.4 Å². The molecule has 13 heteroatoms. The van der Waals surface area contributed by atoms with Crippen LogP contribution in [0, 0.1) is 5.92 Å². The molecule has 1 saturated heterocycles. The van der Waals surface area contributed by atoms with Gasteiger partial charge in [0, 0.05) is 56.4 Å². The van der Waals surface area contributed by atoms with Crippen LogP contribution < -0.4 is 20.1 Å². The maximum Gasteiger partial charge on any atom is 0.254 e. The molecule has 2 aromatic rings. The van der Waals surface area contributed by atoms with Crippen molar-refractivity contribution in [2.24, 2.45) is 5.92 Å². The largest absolute Gasteiger partial charge is 0.493 e. The van der Waals surface area contributed by atoms with E-state index in [1.54, 1.807) is 18.2 Å². The van der Waals surface area contributed by atoms with Crippen LogP contribution in [0.5, 0.6) is 11.5 Å². The summed E-state index contributed by atoms with van der Waals surface area (Å²) < 4.78 is 35.7. The molecule has 2 heterocycles. The lowest BCUT2D eigenvalue weighted by Crippen LogP contribution is -2.46. The Morgan fingerprint density at radius 1 is 0.939 bits per heavy atom. The minimum Gasteiger partial charge on any atom is -0.493 e. The van der Waals surface area contributed by atoms with Gasteiger partial charge in [0.05, 0.1) is 18.6 Å². The molecule has 266 valence electrons. The maximum absolute atomic E-state index is 13.7. The highest BCUT2D eigenvalue weighted by molar-refractivity contribution is 7.90. The van der Waals surface area contributed by atoms with E-state index < -0.39 is 27.9 Å². The van der Waals surface area contributed by atoms with Crippen LogP contribution in [0.3, 0.4) is 0 Å². The Balaban J connectivity index is 1.34.